The van der Waals surface area contributed by atoms with E-state index in [1.54, 1.807) is 0 Å². The van der Waals surface area contributed by atoms with Crippen LogP contribution >= 0.6 is 23.1 Å². The van der Waals surface area contributed by atoms with Gasteiger partial charge in [-0.05, 0) is 31.5 Å². The van der Waals surface area contributed by atoms with Crippen LogP contribution in [0, 0.1) is 0 Å². The number of hydrogen-bond acceptors (Lipinski definition) is 3. The van der Waals surface area contributed by atoms with Crippen molar-refractivity contribution in [2.45, 2.75) is 37.7 Å². The second-order valence-corrected chi connectivity index (χ2v) is 6.10. The van der Waals surface area contributed by atoms with Gasteiger partial charge in [0.15, 0.2) is 0 Å². The zero-order chi connectivity index (χ0) is 10.4. The number of hydrogen-bond donors (Lipinski definition) is 1. The van der Waals surface area contributed by atoms with Crippen molar-refractivity contribution < 1.29 is 0 Å². The number of thiophene rings is 1. The molecule has 0 saturated heterocycles. The van der Waals surface area contributed by atoms with Crippen LogP contribution in [0.5, 0.6) is 0 Å². The Morgan fingerprint density at radius 3 is 2.71 bits per heavy atom. The van der Waals surface area contributed by atoms with Gasteiger partial charge in [0.2, 0.25) is 0 Å². The van der Waals surface area contributed by atoms with E-state index in [1.165, 1.54) is 9.75 Å². The minimum absolute atomic E-state index is 0.687. The molecule has 0 amide bonds. The maximum absolute atomic E-state index is 5.51. The van der Waals surface area contributed by atoms with Gasteiger partial charge < -0.3 is 5.73 Å². The highest BCUT2D eigenvalue weighted by atomic mass is 32.2. The van der Waals surface area contributed by atoms with Crippen LogP contribution in [0.25, 0.3) is 0 Å². The minimum Gasteiger partial charge on any atom is -0.330 e. The molecule has 1 aromatic rings. The van der Waals surface area contributed by atoms with Crippen molar-refractivity contribution in [2.75, 3.05) is 6.54 Å². The second kappa shape index (κ2) is 6.49. The molecule has 1 rings (SSSR count). The van der Waals surface area contributed by atoms with E-state index in [-0.39, 0.29) is 0 Å². The van der Waals surface area contributed by atoms with Gasteiger partial charge in [-0.25, -0.2) is 0 Å². The third-order valence-electron chi connectivity index (χ3n) is 2.15. The van der Waals surface area contributed by atoms with Gasteiger partial charge in [-0.2, -0.15) is 11.8 Å². The van der Waals surface area contributed by atoms with E-state index in [0.29, 0.717) is 5.25 Å². The first-order valence-electron chi connectivity index (χ1n) is 5.15. The molecule has 0 fully saturated rings. The van der Waals surface area contributed by atoms with Gasteiger partial charge in [-0.1, -0.05) is 13.8 Å². The van der Waals surface area contributed by atoms with Crippen LogP contribution in [0.4, 0.5) is 0 Å². The Balaban J connectivity index is 2.30. The Kier molecular flexibility index (Phi) is 5.60. The zero-order valence-corrected chi connectivity index (χ0v) is 10.6. The molecule has 1 atom stereocenters. The topological polar surface area (TPSA) is 26.0 Å². The fourth-order valence-corrected chi connectivity index (χ4v) is 3.27. The summed E-state index contributed by atoms with van der Waals surface area (Å²) in [6, 6.07) is 4.50. The summed E-state index contributed by atoms with van der Waals surface area (Å²) in [5.74, 6) is 1.14. The maximum Gasteiger partial charge on any atom is 0.0281 e. The molecule has 1 aromatic heterocycles. The molecule has 0 aliphatic carbocycles. The van der Waals surface area contributed by atoms with Gasteiger partial charge in [-0.3, -0.25) is 0 Å². The molecule has 0 bridgehead atoms. The summed E-state index contributed by atoms with van der Waals surface area (Å²) in [5.41, 5.74) is 5.51. The lowest BCUT2D eigenvalue weighted by Crippen LogP contribution is -2.06. The normalized spacial score (nSPS) is 13.1. The largest absolute Gasteiger partial charge is 0.330 e. The maximum atomic E-state index is 5.51. The van der Waals surface area contributed by atoms with Gasteiger partial charge in [0.25, 0.3) is 0 Å². The summed E-state index contributed by atoms with van der Waals surface area (Å²) >= 11 is 3.95. The highest BCUT2D eigenvalue weighted by Crippen LogP contribution is 2.25. The van der Waals surface area contributed by atoms with Crippen LogP contribution in [0.15, 0.2) is 12.1 Å². The van der Waals surface area contributed by atoms with E-state index in [0.717, 1.165) is 25.1 Å². The summed E-state index contributed by atoms with van der Waals surface area (Å²) < 4.78 is 0. The molecule has 3 heteroatoms. The Morgan fingerprint density at radius 1 is 1.43 bits per heavy atom. The molecule has 0 saturated carbocycles. The van der Waals surface area contributed by atoms with Crippen molar-refractivity contribution in [2.24, 2.45) is 5.73 Å². The van der Waals surface area contributed by atoms with Gasteiger partial charge in [0.1, 0.15) is 0 Å². The lowest BCUT2D eigenvalue weighted by atomic mass is 10.3. The quantitative estimate of drug-likeness (QED) is 0.810. The van der Waals surface area contributed by atoms with Crippen LogP contribution in [-0.4, -0.2) is 11.8 Å². The van der Waals surface area contributed by atoms with E-state index < -0.39 is 0 Å². The van der Waals surface area contributed by atoms with E-state index in [2.05, 4.69) is 26.0 Å². The summed E-state index contributed by atoms with van der Waals surface area (Å²) in [5, 5.41) is 0.687. The first-order chi connectivity index (χ1) is 6.76. The van der Waals surface area contributed by atoms with E-state index in [1.807, 2.05) is 23.1 Å². The van der Waals surface area contributed by atoms with Crippen LogP contribution in [0.1, 0.15) is 30.0 Å². The number of thioether (sulfide) groups is 1. The molecule has 0 aliphatic rings. The SMILES string of the molecule is CCc1ccc(CSC(C)CCN)s1. The van der Waals surface area contributed by atoms with E-state index in [9.17, 15) is 0 Å². The van der Waals surface area contributed by atoms with Gasteiger partial charge in [0.05, 0.1) is 0 Å². The lowest BCUT2D eigenvalue weighted by Gasteiger charge is -2.07. The van der Waals surface area contributed by atoms with E-state index in [4.69, 9.17) is 5.73 Å². The van der Waals surface area contributed by atoms with Crippen molar-refractivity contribution in [3.63, 3.8) is 0 Å². The summed E-state index contributed by atoms with van der Waals surface area (Å²) in [7, 11) is 0. The Labute approximate surface area is 95.1 Å². The molecule has 14 heavy (non-hydrogen) atoms. The summed E-state index contributed by atoms with van der Waals surface area (Å²) in [6.07, 6.45) is 2.28. The van der Waals surface area contributed by atoms with Crippen LogP contribution in [0.3, 0.4) is 0 Å². The van der Waals surface area contributed by atoms with Crippen molar-refractivity contribution in [1.29, 1.82) is 0 Å². The highest BCUT2D eigenvalue weighted by Gasteiger charge is 2.03. The van der Waals surface area contributed by atoms with Gasteiger partial charge in [0, 0.05) is 20.8 Å². The third-order valence-corrected chi connectivity index (χ3v) is 4.84. The van der Waals surface area contributed by atoms with Crippen molar-refractivity contribution in [1.82, 2.24) is 0 Å². The molecule has 0 spiro atoms. The molecular formula is C11H19NS2. The first-order valence-corrected chi connectivity index (χ1v) is 7.02. The Hall–Kier alpha value is 0.01000. The predicted octanol–water partition coefficient (Wildman–Crippen LogP) is 3.28. The highest BCUT2D eigenvalue weighted by molar-refractivity contribution is 7.99. The van der Waals surface area contributed by atoms with Crippen molar-refractivity contribution in [3.05, 3.63) is 21.9 Å². The van der Waals surface area contributed by atoms with Crippen LogP contribution in [0.2, 0.25) is 0 Å². The Bertz CT molecular complexity index is 258. The summed E-state index contributed by atoms with van der Waals surface area (Å²) in [6.45, 7) is 5.27. The lowest BCUT2D eigenvalue weighted by molar-refractivity contribution is 0.823. The third kappa shape index (κ3) is 4.03. The fourth-order valence-electron chi connectivity index (χ4n) is 1.23. The Morgan fingerprint density at radius 2 is 2.14 bits per heavy atom. The molecule has 1 nitrogen and oxygen atoms in total. The number of rotatable bonds is 6. The molecule has 1 heterocycles. The first kappa shape index (κ1) is 12.1. The molecule has 1 unspecified atom stereocenters. The summed E-state index contributed by atoms with van der Waals surface area (Å²) in [4.78, 5) is 2.99. The van der Waals surface area contributed by atoms with Crippen LogP contribution in [-0.2, 0) is 12.2 Å². The number of aryl methyl sites for hydroxylation is 1. The van der Waals surface area contributed by atoms with Crippen molar-refractivity contribution >= 4 is 23.1 Å². The molecule has 80 valence electrons. The fraction of sp³-hybridized carbons (Fsp3) is 0.636. The zero-order valence-electron chi connectivity index (χ0n) is 8.95. The predicted molar refractivity (Wildman–Crippen MR) is 68.1 cm³/mol. The molecule has 0 aromatic carbocycles. The molecule has 0 aliphatic heterocycles. The minimum atomic E-state index is 0.687. The average molecular weight is 229 g/mol. The van der Waals surface area contributed by atoms with Crippen molar-refractivity contribution in [3.8, 4) is 0 Å². The molecule has 2 N–H and O–H groups in total. The number of nitrogens with two attached hydrogens (primary N) is 1. The second-order valence-electron chi connectivity index (χ2n) is 3.42. The van der Waals surface area contributed by atoms with E-state index >= 15 is 0 Å². The molecule has 0 radical (unpaired) electrons. The standard InChI is InChI=1S/C11H19NS2/c1-3-10-4-5-11(14-10)8-13-9(2)6-7-12/h4-5,9H,3,6-8,12H2,1-2H3. The van der Waals surface area contributed by atoms with Crippen LogP contribution < -0.4 is 5.73 Å². The van der Waals surface area contributed by atoms with Gasteiger partial charge in [-0.15, -0.1) is 11.3 Å². The smallest absolute Gasteiger partial charge is 0.0281 e. The molecular weight excluding hydrogens is 210 g/mol. The van der Waals surface area contributed by atoms with Gasteiger partial charge >= 0.3 is 0 Å². The monoisotopic (exact) mass is 229 g/mol. The average Bonchev–Trinajstić information content (AvgIpc) is 2.63.